The Hall–Kier alpha value is -1.51. The third-order valence-corrected chi connectivity index (χ3v) is 2.81. The standard InChI is InChI=1S/C14H20O3/c1-4-17-12-7-5-11(6-8-12)9-13(10(2)3)14(15)16/h5-8,10,13H,4,9H2,1-3H3,(H,15,16). The molecule has 17 heavy (non-hydrogen) atoms. The number of aliphatic carboxylic acids is 1. The molecule has 0 fully saturated rings. The summed E-state index contributed by atoms with van der Waals surface area (Å²) in [7, 11) is 0. The molecule has 1 atom stereocenters. The van der Waals surface area contributed by atoms with Gasteiger partial charge in [-0.15, -0.1) is 0 Å². The molecule has 94 valence electrons. The van der Waals surface area contributed by atoms with Crippen molar-refractivity contribution in [1.29, 1.82) is 0 Å². The number of hydrogen-bond donors (Lipinski definition) is 1. The molecule has 0 aliphatic heterocycles. The van der Waals surface area contributed by atoms with Crippen molar-refractivity contribution in [2.75, 3.05) is 6.61 Å². The molecule has 3 heteroatoms. The highest BCUT2D eigenvalue weighted by atomic mass is 16.5. The molecule has 1 N–H and O–H groups in total. The Morgan fingerprint density at radius 2 is 1.88 bits per heavy atom. The van der Waals surface area contributed by atoms with E-state index in [4.69, 9.17) is 9.84 Å². The monoisotopic (exact) mass is 236 g/mol. The minimum atomic E-state index is -0.728. The summed E-state index contributed by atoms with van der Waals surface area (Å²) in [6.45, 7) is 6.46. The molecule has 0 amide bonds. The summed E-state index contributed by atoms with van der Waals surface area (Å²) in [4.78, 5) is 11.1. The summed E-state index contributed by atoms with van der Waals surface area (Å²) in [6, 6.07) is 7.64. The molecule has 1 rings (SSSR count). The number of benzene rings is 1. The summed E-state index contributed by atoms with van der Waals surface area (Å²) in [5.41, 5.74) is 1.04. The Kier molecular flexibility index (Phi) is 5.01. The summed E-state index contributed by atoms with van der Waals surface area (Å²) in [5, 5.41) is 9.12. The molecule has 1 aromatic carbocycles. The van der Waals surface area contributed by atoms with Crippen LogP contribution < -0.4 is 4.74 Å². The lowest BCUT2D eigenvalue weighted by molar-refractivity contribution is -0.143. The van der Waals surface area contributed by atoms with Gasteiger partial charge in [-0.05, 0) is 37.0 Å². The van der Waals surface area contributed by atoms with Gasteiger partial charge >= 0.3 is 5.97 Å². The highest BCUT2D eigenvalue weighted by molar-refractivity contribution is 5.70. The number of hydrogen-bond acceptors (Lipinski definition) is 2. The third kappa shape index (κ3) is 4.10. The molecule has 0 bridgehead atoms. The van der Waals surface area contributed by atoms with Gasteiger partial charge in [0.1, 0.15) is 5.75 Å². The van der Waals surface area contributed by atoms with Crippen LogP contribution in [0, 0.1) is 11.8 Å². The lowest BCUT2D eigenvalue weighted by Gasteiger charge is -2.16. The molecular weight excluding hydrogens is 216 g/mol. The van der Waals surface area contributed by atoms with Gasteiger partial charge in [0.05, 0.1) is 12.5 Å². The minimum absolute atomic E-state index is 0.138. The molecule has 0 saturated carbocycles. The maximum atomic E-state index is 11.1. The van der Waals surface area contributed by atoms with Crippen molar-refractivity contribution in [3.63, 3.8) is 0 Å². The highest BCUT2D eigenvalue weighted by Crippen LogP contribution is 2.19. The number of carbonyl (C=O) groups is 1. The van der Waals surface area contributed by atoms with Gasteiger partial charge in [-0.25, -0.2) is 0 Å². The van der Waals surface area contributed by atoms with Crippen LogP contribution in [0.1, 0.15) is 26.3 Å². The van der Waals surface area contributed by atoms with Crippen molar-refractivity contribution >= 4 is 5.97 Å². The zero-order chi connectivity index (χ0) is 12.8. The van der Waals surface area contributed by atoms with E-state index in [0.717, 1.165) is 11.3 Å². The summed E-state index contributed by atoms with van der Waals surface area (Å²) in [6.07, 6.45) is 0.569. The minimum Gasteiger partial charge on any atom is -0.494 e. The predicted molar refractivity (Wildman–Crippen MR) is 67.3 cm³/mol. The topological polar surface area (TPSA) is 46.5 Å². The molecule has 1 aromatic rings. The van der Waals surface area contributed by atoms with Crippen LogP contribution in [0.3, 0.4) is 0 Å². The van der Waals surface area contributed by atoms with E-state index in [1.54, 1.807) is 0 Å². The average molecular weight is 236 g/mol. The van der Waals surface area contributed by atoms with Crippen LogP contribution in [0.25, 0.3) is 0 Å². The van der Waals surface area contributed by atoms with Crippen LogP contribution >= 0.6 is 0 Å². The normalized spacial score (nSPS) is 12.5. The maximum absolute atomic E-state index is 11.1. The van der Waals surface area contributed by atoms with Crippen LogP contribution in [-0.4, -0.2) is 17.7 Å². The molecule has 0 radical (unpaired) electrons. The van der Waals surface area contributed by atoms with Crippen molar-refractivity contribution in [1.82, 2.24) is 0 Å². The predicted octanol–water partition coefficient (Wildman–Crippen LogP) is 2.98. The maximum Gasteiger partial charge on any atom is 0.307 e. The fourth-order valence-electron chi connectivity index (χ4n) is 1.75. The summed E-state index contributed by atoms with van der Waals surface area (Å²) >= 11 is 0. The summed E-state index contributed by atoms with van der Waals surface area (Å²) in [5.74, 6) is -0.0893. The van der Waals surface area contributed by atoms with Gasteiger partial charge in [-0.3, -0.25) is 4.79 Å². The second kappa shape index (κ2) is 6.28. The van der Waals surface area contributed by atoms with Gasteiger partial charge in [0.15, 0.2) is 0 Å². The third-order valence-electron chi connectivity index (χ3n) is 2.81. The van der Waals surface area contributed by atoms with Gasteiger partial charge in [0.2, 0.25) is 0 Å². The fourth-order valence-corrected chi connectivity index (χ4v) is 1.75. The van der Waals surface area contributed by atoms with Crippen LogP contribution in [0.5, 0.6) is 5.75 Å². The zero-order valence-corrected chi connectivity index (χ0v) is 10.6. The molecule has 1 unspecified atom stereocenters. The Balaban J connectivity index is 2.70. The van der Waals surface area contributed by atoms with E-state index in [1.807, 2.05) is 45.0 Å². The van der Waals surface area contributed by atoms with E-state index in [1.165, 1.54) is 0 Å². The Bertz CT molecular complexity index is 354. The van der Waals surface area contributed by atoms with E-state index in [9.17, 15) is 4.79 Å². The first kappa shape index (κ1) is 13.6. The molecule has 3 nitrogen and oxygen atoms in total. The van der Waals surface area contributed by atoms with E-state index < -0.39 is 5.97 Å². The van der Waals surface area contributed by atoms with Crippen molar-refractivity contribution < 1.29 is 14.6 Å². The Morgan fingerprint density at radius 1 is 1.29 bits per heavy atom. The van der Waals surface area contributed by atoms with E-state index in [2.05, 4.69) is 0 Å². The van der Waals surface area contributed by atoms with Gasteiger partial charge in [0, 0.05) is 0 Å². The molecule has 0 aromatic heterocycles. The smallest absolute Gasteiger partial charge is 0.307 e. The van der Waals surface area contributed by atoms with Crippen molar-refractivity contribution in [2.45, 2.75) is 27.2 Å². The molecule has 0 saturated heterocycles. The van der Waals surface area contributed by atoms with E-state index in [-0.39, 0.29) is 11.8 Å². The van der Waals surface area contributed by atoms with Crippen molar-refractivity contribution in [2.24, 2.45) is 11.8 Å². The van der Waals surface area contributed by atoms with Crippen LogP contribution in [0.4, 0.5) is 0 Å². The molecular formula is C14H20O3. The number of carboxylic acid groups (broad SMARTS) is 1. The second-order valence-corrected chi connectivity index (χ2v) is 4.47. The molecule has 0 heterocycles. The van der Waals surface area contributed by atoms with Gasteiger partial charge in [-0.1, -0.05) is 26.0 Å². The number of carboxylic acids is 1. The molecule has 0 spiro atoms. The molecule has 0 aliphatic carbocycles. The van der Waals surface area contributed by atoms with Crippen molar-refractivity contribution in [3.05, 3.63) is 29.8 Å². The first-order valence-electron chi connectivity index (χ1n) is 5.99. The Morgan fingerprint density at radius 3 is 2.29 bits per heavy atom. The number of rotatable bonds is 6. The van der Waals surface area contributed by atoms with Crippen molar-refractivity contribution in [3.8, 4) is 5.75 Å². The van der Waals surface area contributed by atoms with Crippen LogP contribution in [0.15, 0.2) is 24.3 Å². The second-order valence-electron chi connectivity index (χ2n) is 4.47. The average Bonchev–Trinajstić information content (AvgIpc) is 2.27. The van der Waals surface area contributed by atoms with Crippen LogP contribution in [0.2, 0.25) is 0 Å². The van der Waals surface area contributed by atoms with Gasteiger partial charge in [0.25, 0.3) is 0 Å². The largest absolute Gasteiger partial charge is 0.494 e. The first-order valence-corrected chi connectivity index (χ1v) is 5.99. The lowest BCUT2D eigenvalue weighted by atomic mass is 9.89. The highest BCUT2D eigenvalue weighted by Gasteiger charge is 2.21. The van der Waals surface area contributed by atoms with Gasteiger partial charge in [-0.2, -0.15) is 0 Å². The fraction of sp³-hybridized carbons (Fsp3) is 0.500. The number of ether oxygens (including phenoxy) is 1. The van der Waals surface area contributed by atoms with E-state index >= 15 is 0 Å². The van der Waals surface area contributed by atoms with Crippen LogP contribution in [-0.2, 0) is 11.2 Å². The SMILES string of the molecule is CCOc1ccc(CC(C(=O)O)C(C)C)cc1. The summed E-state index contributed by atoms with van der Waals surface area (Å²) < 4.78 is 5.34. The van der Waals surface area contributed by atoms with Gasteiger partial charge < -0.3 is 9.84 Å². The zero-order valence-electron chi connectivity index (χ0n) is 10.6. The molecule has 0 aliphatic rings. The van der Waals surface area contributed by atoms with E-state index in [0.29, 0.717) is 13.0 Å². The quantitative estimate of drug-likeness (QED) is 0.826. The first-order chi connectivity index (χ1) is 8.04. The Labute approximate surface area is 102 Å². The lowest BCUT2D eigenvalue weighted by Crippen LogP contribution is -2.22.